The summed E-state index contributed by atoms with van der Waals surface area (Å²) in [5.41, 5.74) is 1.81. The van der Waals surface area contributed by atoms with Gasteiger partial charge >= 0.3 is 0 Å². The van der Waals surface area contributed by atoms with Gasteiger partial charge in [0, 0.05) is 6.54 Å². The Kier molecular flexibility index (Phi) is 3.99. The van der Waals surface area contributed by atoms with Crippen molar-refractivity contribution in [2.75, 3.05) is 6.54 Å². The second kappa shape index (κ2) is 5.84. The summed E-state index contributed by atoms with van der Waals surface area (Å²) in [7, 11) is 0. The highest BCUT2D eigenvalue weighted by atomic mass is 16.3. The van der Waals surface area contributed by atoms with Gasteiger partial charge in [-0.1, -0.05) is 43.2 Å². The number of hydrogen-bond acceptors (Lipinski definition) is 2. The molecule has 0 saturated heterocycles. The number of hydrogen-bond donors (Lipinski definition) is 2. The summed E-state index contributed by atoms with van der Waals surface area (Å²) in [6.45, 7) is 5.02. The minimum Gasteiger partial charge on any atom is -0.390 e. The highest BCUT2D eigenvalue weighted by Crippen LogP contribution is 2.67. The normalized spacial score (nSPS) is 38.8. The number of nitrogens with one attached hydrogen (secondary N) is 1. The van der Waals surface area contributed by atoms with Crippen molar-refractivity contribution in [2.45, 2.75) is 70.8 Å². The number of aliphatic hydroxyl groups is 1. The molecule has 4 bridgehead atoms. The minimum absolute atomic E-state index is 0.195. The molecule has 3 nitrogen and oxygen atoms in total. The first-order chi connectivity index (χ1) is 11.9. The molecule has 4 atom stereocenters. The van der Waals surface area contributed by atoms with E-state index in [0.29, 0.717) is 18.9 Å². The molecule has 0 aromatic heterocycles. The van der Waals surface area contributed by atoms with Crippen LogP contribution in [-0.2, 0) is 11.2 Å². The Morgan fingerprint density at radius 3 is 2.80 bits per heavy atom. The zero-order valence-corrected chi connectivity index (χ0v) is 15.6. The smallest absolute Gasteiger partial charge is 0.226 e. The molecule has 4 fully saturated rings. The summed E-state index contributed by atoms with van der Waals surface area (Å²) in [4.78, 5) is 13.1. The number of benzene rings is 1. The van der Waals surface area contributed by atoms with Crippen LogP contribution in [0.5, 0.6) is 0 Å². The van der Waals surface area contributed by atoms with Crippen LogP contribution in [0, 0.1) is 23.7 Å². The first kappa shape index (κ1) is 17.1. The van der Waals surface area contributed by atoms with Crippen LogP contribution >= 0.6 is 0 Å². The quantitative estimate of drug-likeness (QED) is 0.856. The van der Waals surface area contributed by atoms with Crippen LogP contribution in [0.25, 0.3) is 0 Å². The van der Waals surface area contributed by atoms with Crippen LogP contribution in [0.3, 0.4) is 0 Å². The van der Waals surface area contributed by atoms with Crippen molar-refractivity contribution in [3.63, 3.8) is 0 Å². The summed E-state index contributed by atoms with van der Waals surface area (Å²) < 4.78 is 0. The van der Waals surface area contributed by atoms with Crippen LogP contribution in [0.4, 0.5) is 0 Å². The molecule has 4 unspecified atom stereocenters. The van der Waals surface area contributed by atoms with Gasteiger partial charge in [-0.05, 0) is 68.8 Å². The SMILES string of the molecule is CCC12CC3CC(O)(C1)CC(C(=O)NCCc1cccc(C)c1)(C3)C2. The number of carbonyl (C=O) groups is 1. The van der Waals surface area contributed by atoms with E-state index in [-0.39, 0.29) is 16.7 Å². The van der Waals surface area contributed by atoms with Gasteiger partial charge in [0.05, 0.1) is 11.0 Å². The van der Waals surface area contributed by atoms with Crippen molar-refractivity contribution >= 4 is 5.91 Å². The molecule has 2 N–H and O–H groups in total. The largest absolute Gasteiger partial charge is 0.390 e. The molecule has 136 valence electrons. The van der Waals surface area contributed by atoms with Gasteiger partial charge in [-0.3, -0.25) is 4.79 Å². The number of rotatable bonds is 5. The Morgan fingerprint density at radius 1 is 1.24 bits per heavy atom. The number of aryl methyl sites for hydroxylation is 1. The summed E-state index contributed by atoms with van der Waals surface area (Å²) in [5.74, 6) is 0.726. The van der Waals surface area contributed by atoms with E-state index < -0.39 is 5.60 Å². The first-order valence-electron chi connectivity index (χ1n) is 9.92. The zero-order chi connectivity index (χ0) is 17.7. The third-order valence-corrected chi connectivity index (χ3v) is 7.17. The molecule has 4 aliphatic carbocycles. The van der Waals surface area contributed by atoms with Crippen LogP contribution in [0.15, 0.2) is 24.3 Å². The lowest BCUT2D eigenvalue weighted by molar-refractivity contribution is -0.204. The number of carbonyl (C=O) groups excluding carboxylic acids is 1. The fourth-order valence-corrected chi connectivity index (χ4v) is 6.61. The third kappa shape index (κ3) is 3.01. The lowest BCUT2D eigenvalue weighted by atomic mass is 9.42. The molecule has 1 aromatic carbocycles. The molecule has 5 rings (SSSR count). The third-order valence-electron chi connectivity index (χ3n) is 7.17. The summed E-state index contributed by atoms with van der Waals surface area (Å²) in [6.07, 6.45) is 7.62. The van der Waals surface area contributed by atoms with Crippen LogP contribution in [0.1, 0.15) is 63.0 Å². The van der Waals surface area contributed by atoms with Gasteiger partial charge in [0.25, 0.3) is 0 Å². The highest BCUT2D eigenvalue weighted by molar-refractivity contribution is 5.83. The Hall–Kier alpha value is -1.35. The maximum atomic E-state index is 13.1. The fraction of sp³-hybridized carbons (Fsp3) is 0.682. The summed E-state index contributed by atoms with van der Waals surface area (Å²) >= 11 is 0. The summed E-state index contributed by atoms with van der Waals surface area (Å²) in [5, 5.41) is 14.3. The maximum Gasteiger partial charge on any atom is 0.226 e. The van der Waals surface area contributed by atoms with E-state index in [1.54, 1.807) is 0 Å². The molecule has 0 aliphatic heterocycles. The van der Waals surface area contributed by atoms with Gasteiger partial charge in [-0.15, -0.1) is 0 Å². The monoisotopic (exact) mass is 341 g/mol. The molecular formula is C22H31NO2. The topological polar surface area (TPSA) is 49.3 Å². The Balaban J connectivity index is 1.44. The van der Waals surface area contributed by atoms with Gasteiger partial charge in [-0.25, -0.2) is 0 Å². The second-order valence-electron chi connectivity index (χ2n) is 9.36. The Bertz CT molecular complexity index is 686. The van der Waals surface area contributed by atoms with Gasteiger partial charge in [0.2, 0.25) is 5.91 Å². The average Bonchev–Trinajstić information content (AvgIpc) is 2.52. The van der Waals surface area contributed by atoms with E-state index in [0.717, 1.165) is 38.5 Å². The molecule has 0 radical (unpaired) electrons. The molecule has 25 heavy (non-hydrogen) atoms. The fourth-order valence-electron chi connectivity index (χ4n) is 6.61. The standard InChI is InChI=1S/C22H31NO2/c1-3-20-10-18-11-21(13-20,15-22(25,12-18)14-20)19(24)23-8-7-17-6-4-5-16(2)9-17/h4-6,9,18,25H,3,7-8,10-15H2,1-2H3,(H,23,24). The van der Waals surface area contributed by atoms with E-state index in [1.807, 2.05) is 0 Å². The van der Waals surface area contributed by atoms with E-state index in [1.165, 1.54) is 17.5 Å². The van der Waals surface area contributed by atoms with E-state index in [2.05, 4.69) is 43.4 Å². The highest BCUT2D eigenvalue weighted by Gasteiger charge is 2.64. The first-order valence-corrected chi connectivity index (χ1v) is 9.92. The molecule has 0 heterocycles. The van der Waals surface area contributed by atoms with E-state index in [9.17, 15) is 9.90 Å². The van der Waals surface area contributed by atoms with Gasteiger partial charge < -0.3 is 10.4 Å². The predicted molar refractivity (Wildman–Crippen MR) is 99.2 cm³/mol. The molecule has 1 aromatic rings. The van der Waals surface area contributed by atoms with Crippen molar-refractivity contribution in [2.24, 2.45) is 16.7 Å². The van der Waals surface area contributed by atoms with Crippen LogP contribution < -0.4 is 5.32 Å². The molecule has 1 amide bonds. The van der Waals surface area contributed by atoms with Crippen molar-refractivity contribution in [1.29, 1.82) is 0 Å². The van der Waals surface area contributed by atoms with Crippen molar-refractivity contribution in [3.8, 4) is 0 Å². The van der Waals surface area contributed by atoms with E-state index >= 15 is 0 Å². The molecule has 3 heteroatoms. The van der Waals surface area contributed by atoms with Crippen molar-refractivity contribution in [1.82, 2.24) is 5.32 Å². The summed E-state index contributed by atoms with van der Waals surface area (Å²) in [6, 6.07) is 8.48. The second-order valence-corrected chi connectivity index (χ2v) is 9.36. The van der Waals surface area contributed by atoms with Crippen LogP contribution in [-0.4, -0.2) is 23.2 Å². The average molecular weight is 341 g/mol. The number of amides is 1. The van der Waals surface area contributed by atoms with Crippen molar-refractivity contribution < 1.29 is 9.90 Å². The molecule has 4 aliphatic rings. The Morgan fingerprint density at radius 2 is 2.08 bits per heavy atom. The lowest BCUT2D eigenvalue weighted by Gasteiger charge is -2.64. The predicted octanol–water partition coefficient (Wildman–Crippen LogP) is 3.77. The van der Waals surface area contributed by atoms with Gasteiger partial charge in [-0.2, -0.15) is 0 Å². The van der Waals surface area contributed by atoms with Crippen molar-refractivity contribution in [3.05, 3.63) is 35.4 Å². The van der Waals surface area contributed by atoms with Gasteiger partial charge in [0.1, 0.15) is 0 Å². The minimum atomic E-state index is -0.594. The molecular weight excluding hydrogens is 310 g/mol. The van der Waals surface area contributed by atoms with Gasteiger partial charge in [0.15, 0.2) is 0 Å². The molecule has 0 spiro atoms. The lowest BCUT2D eigenvalue weighted by Crippen LogP contribution is -2.63. The Labute approximate surface area is 151 Å². The zero-order valence-electron chi connectivity index (χ0n) is 15.6. The maximum absolute atomic E-state index is 13.1. The molecule has 4 saturated carbocycles. The van der Waals surface area contributed by atoms with E-state index in [4.69, 9.17) is 0 Å². The van der Waals surface area contributed by atoms with Crippen LogP contribution in [0.2, 0.25) is 0 Å².